The van der Waals surface area contributed by atoms with Crippen LogP contribution < -0.4 is 10.2 Å². The van der Waals surface area contributed by atoms with Crippen LogP contribution in [0.15, 0.2) is 23.7 Å². The maximum atomic E-state index is 9.98. The van der Waals surface area contributed by atoms with Crippen LogP contribution >= 0.6 is 0 Å². The van der Waals surface area contributed by atoms with Gasteiger partial charge in [0, 0.05) is 0 Å². The minimum absolute atomic E-state index is 0. The van der Waals surface area contributed by atoms with E-state index >= 15 is 0 Å². The minimum atomic E-state index is -0.187. The van der Waals surface area contributed by atoms with Gasteiger partial charge in [-0.05, 0) is 26.0 Å². The Labute approximate surface area is 130 Å². The first-order chi connectivity index (χ1) is 8.17. The number of rotatable bonds is 3. The van der Waals surface area contributed by atoms with E-state index in [1.165, 1.54) is 27.7 Å². The van der Waals surface area contributed by atoms with Gasteiger partial charge in [0.15, 0.2) is 11.6 Å². The molecule has 0 aliphatic rings. The van der Waals surface area contributed by atoms with Gasteiger partial charge in [0.1, 0.15) is 0 Å². The van der Waals surface area contributed by atoms with E-state index in [4.69, 9.17) is 10.8 Å². The molecule has 0 heterocycles. The number of nitrogens with zero attached hydrogens (tertiary/aromatic N) is 2. The number of carbonyl (C=O) groups excluding carboxylic acids is 2. The minimum Gasteiger partial charge on any atom is -0.876 e. The van der Waals surface area contributed by atoms with Crippen LogP contribution in [0.3, 0.4) is 0 Å². The van der Waals surface area contributed by atoms with Gasteiger partial charge in [-0.25, -0.2) is 12.4 Å². The molecule has 0 rings (SSSR count). The van der Waals surface area contributed by atoms with Crippen LogP contribution in [0.25, 0.3) is 10.8 Å². The van der Waals surface area contributed by atoms with Crippen molar-refractivity contribution in [3.05, 3.63) is 34.5 Å². The molecule has 0 spiro atoms. The molecule has 0 unspecified atom stereocenters. The molecule has 19 heavy (non-hydrogen) atoms. The first-order valence-electron chi connectivity index (χ1n) is 4.82. The standard InChI is InChI=1S/2C5H8O2.C2H2N2.Sn/c2*1-4(6)3-5(2)7;3-1-2-4;/h2*3,6H,1-2H3;1-2H;/q;;-2;+4/p-2/b2*4-3-;;. The second kappa shape index (κ2) is 18.9. The summed E-state index contributed by atoms with van der Waals surface area (Å²) in [6.07, 6.45) is 3.22. The molecular weight excluding hydrogens is 355 g/mol. The third-order valence-electron chi connectivity index (χ3n) is 0.880. The predicted molar refractivity (Wildman–Crippen MR) is 73.5 cm³/mol. The van der Waals surface area contributed by atoms with Crippen molar-refractivity contribution in [1.82, 2.24) is 0 Å². The molecule has 0 aromatic rings. The zero-order valence-electron chi connectivity index (χ0n) is 11.3. The van der Waals surface area contributed by atoms with E-state index in [9.17, 15) is 19.8 Å². The molecule has 0 saturated heterocycles. The van der Waals surface area contributed by atoms with Crippen LogP contribution in [0.2, 0.25) is 0 Å². The summed E-state index contributed by atoms with van der Waals surface area (Å²) in [6, 6.07) is 0. The molecular formula is C12H16N2O4Sn. The number of hydrogen-bond donors (Lipinski definition) is 0. The summed E-state index contributed by atoms with van der Waals surface area (Å²) in [7, 11) is 0. The molecule has 0 radical (unpaired) electrons. The zero-order chi connectivity index (χ0) is 15.1. The largest absolute Gasteiger partial charge is 4.00 e. The average Bonchev–Trinajstić information content (AvgIpc) is 2.14. The third-order valence-corrected chi connectivity index (χ3v) is 0.880. The molecule has 6 nitrogen and oxygen atoms in total. The van der Waals surface area contributed by atoms with Crippen LogP contribution in [-0.2, 0) is 9.59 Å². The van der Waals surface area contributed by atoms with Gasteiger partial charge in [-0.15, -0.1) is 11.5 Å². The molecule has 0 bridgehead atoms. The van der Waals surface area contributed by atoms with E-state index in [0.717, 1.165) is 12.2 Å². The van der Waals surface area contributed by atoms with Crippen molar-refractivity contribution in [3.63, 3.8) is 0 Å². The van der Waals surface area contributed by atoms with Crippen molar-refractivity contribution in [2.24, 2.45) is 0 Å². The smallest absolute Gasteiger partial charge is 0.876 e. The van der Waals surface area contributed by atoms with Gasteiger partial charge in [-0.2, -0.15) is 0 Å². The summed E-state index contributed by atoms with van der Waals surface area (Å²) in [5, 5.41) is 34.8. The van der Waals surface area contributed by atoms with Crippen molar-refractivity contribution in [2.45, 2.75) is 27.7 Å². The molecule has 0 aliphatic heterocycles. The van der Waals surface area contributed by atoms with Gasteiger partial charge in [-0.1, -0.05) is 13.8 Å². The second-order valence-electron chi connectivity index (χ2n) is 3.03. The van der Waals surface area contributed by atoms with Crippen molar-refractivity contribution >= 4 is 47.9 Å². The Kier molecular flexibility index (Phi) is 26.1. The Morgan fingerprint density at radius 2 is 1.00 bits per heavy atom. The first-order valence-corrected chi connectivity index (χ1v) is 4.82. The van der Waals surface area contributed by atoms with Gasteiger partial charge in [0.25, 0.3) is 0 Å². The Balaban J connectivity index is -0.0000000900. The molecule has 0 amide bonds. The Hall–Kier alpha value is -1.44. The number of hydrogen-bond acceptors (Lipinski definition) is 4. The van der Waals surface area contributed by atoms with Crippen LogP contribution in [0.5, 0.6) is 0 Å². The van der Waals surface area contributed by atoms with E-state index in [0.29, 0.717) is 12.4 Å². The summed E-state index contributed by atoms with van der Waals surface area (Å²) >= 11 is 0. The molecule has 7 heteroatoms. The topological polar surface area (TPSA) is 125 Å². The Morgan fingerprint density at radius 1 is 0.789 bits per heavy atom. The molecule has 0 saturated carbocycles. The van der Waals surface area contributed by atoms with Crippen LogP contribution in [0.4, 0.5) is 0 Å². The number of carbonyl (C=O) groups is 2. The second-order valence-corrected chi connectivity index (χ2v) is 3.03. The third kappa shape index (κ3) is 61.4. The maximum absolute atomic E-state index is 9.98. The summed E-state index contributed by atoms with van der Waals surface area (Å²) in [5.41, 5.74) is 0. The van der Waals surface area contributed by atoms with Gasteiger partial charge in [0.05, 0.1) is 0 Å². The predicted octanol–water partition coefficient (Wildman–Crippen LogP) is -0.435. The van der Waals surface area contributed by atoms with E-state index in [2.05, 4.69) is 0 Å². The van der Waals surface area contributed by atoms with E-state index in [1.807, 2.05) is 0 Å². The maximum Gasteiger partial charge on any atom is 4.00 e. The fourth-order valence-electron chi connectivity index (χ4n) is 0.572. The summed E-state index contributed by atoms with van der Waals surface area (Å²) < 4.78 is 0. The molecule has 102 valence electrons. The van der Waals surface area contributed by atoms with Crippen LogP contribution in [0, 0.1) is 0 Å². The van der Waals surface area contributed by atoms with Crippen molar-refractivity contribution in [1.29, 1.82) is 0 Å². The monoisotopic (exact) mass is 372 g/mol. The van der Waals surface area contributed by atoms with Crippen LogP contribution in [0.1, 0.15) is 27.7 Å². The normalized spacial score (nSPS) is 9.47. The molecule has 0 aromatic carbocycles. The Bertz CT molecular complexity index is 308. The van der Waals surface area contributed by atoms with E-state index in [1.54, 1.807) is 0 Å². The van der Waals surface area contributed by atoms with E-state index < -0.39 is 0 Å². The fraction of sp³-hybridized carbons (Fsp3) is 0.333. The molecule has 0 atom stereocenters. The van der Waals surface area contributed by atoms with Gasteiger partial charge >= 0.3 is 23.9 Å². The summed E-state index contributed by atoms with van der Waals surface area (Å²) in [6.45, 7) is 5.39. The fourth-order valence-corrected chi connectivity index (χ4v) is 0.572. The van der Waals surface area contributed by atoms with Crippen LogP contribution in [-0.4, -0.2) is 47.9 Å². The number of ketones is 2. The van der Waals surface area contributed by atoms with Crippen molar-refractivity contribution in [3.8, 4) is 0 Å². The molecule has 0 fully saturated rings. The quantitative estimate of drug-likeness (QED) is 0.289. The average molecular weight is 371 g/mol. The number of allylic oxidation sites excluding steroid dienone is 4. The van der Waals surface area contributed by atoms with Gasteiger partial charge < -0.3 is 21.0 Å². The zero-order valence-corrected chi connectivity index (χ0v) is 14.2. The van der Waals surface area contributed by atoms with Gasteiger partial charge in [0.2, 0.25) is 0 Å². The van der Waals surface area contributed by atoms with Gasteiger partial charge in [-0.3, -0.25) is 9.59 Å². The molecule has 0 aromatic heterocycles. The van der Waals surface area contributed by atoms with E-state index in [-0.39, 0.29) is 47.0 Å². The molecule has 0 N–H and O–H groups in total. The summed E-state index contributed by atoms with van der Waals surface area (Å²) in [5.74, 6) is -0.750. The summed E-state index contributed by atoms with van der Waals surface area (Å²) in [4.78, 5) is 20.0. The SMILES string of the molecule is CC(=O)/C=C(/C)[O-].CC(=O)/C=C(/C)[O-].[N-]=CC=[N-].[Sn+4]. The van der Waals surface area contributed by atoms with Crippen molar-refractivity contribution < 1.29 is 19.8 Å². The molecule has 0 aliphatic carbocycles. The van der Waals surface area contributed by atoms with Crippen molar-refractivity contribution in [2.75, 3.05) is 0 Å². The Morgan fingerprint density at radius 3 is 1.00 bits per heavy atom. The first kappa shape index (κ1) is 26.2.